The van der Waals surface area contributed by atoms with Crippen molar-refractivity contribution < 1.29 is 18.4 Å². The van der Waals surface area contributed by atoms with Crippen LogP contribution in [0.5, 0.6) is 0 Å². The minimum absolute atomic E-state index is 0.0132. The second-order valence-electron chi connectivity index (χ2n) is 7.81. The van der Waals surface area contributed by atoms with Gasteiger partial charge in [-0.15, -0.1) is 0 Å². The van der Waals surface area contributed by atoms with E-state index in [9.17, 15) is 14.0 Å². The molecule has 2 amide bonds. The largest absolute Gasteiger partial charge is 0.375 e. The molecule has 1 saturated heterocycles. The average molecular weight is 516 g/mol. The van der Waals surface area contributed by atoms with Crippen LogP contribution in [0.15, 0.2) is 36.7 Å². The monoisotopic (exact) mass is 515 g/mol. The third-order valence-electron chi connectivity index (χ3n) is 5.53. The van der Waals surface area contributed by atoms with Crippen LogP contribution in [-0.2, 0) is 9.59 Å². The van der Waals surface area contributed by atoms with Crippen LogP contribution in [0.25, 0.3) is 32.2 Å². The number of carbonyl (C=O) groups excluding carboxylic acids is 2. The fourth-order valence-electron chi connectivity index (χ4n) is 3.89. The Balaban J connectivity index is 1.47. The van der Waals surface area contributed by atoms with Crippen molar-refractivity contribution in [2.45, 2.75) is 6.04 Å². The number of carbonyl (C=O) groups is 2. The molecule has 13 heteroatoms. The summed E-state index contributed by atoms with van der Waals surface area (Å²) in [6.07, 6.45) is 3.32. The summed E-state index contributed by atoms with van der Waals surface area (Å²) in [4.78, 5) is 36.7. The van der Waals surface area contributed by atoms with Gasteiger partial charge in [-0.2, -0.15) is 0 Å². The number of thiazole rings is 1. The number of fused-ring (bicyclic) bond motifs is 2. The van der Waals surface area contributed by atoms with E-state index in [1.54, 1.807) is 0 Å². The highest BCUT2D eigenvalue weighted by atomic mass is 35.5. The maximum absolute atomic E-state index is 15.7. The topological polar surface area (TPSA) is 140 Å². The fraction of sp³-hybridized carbons (Fsp3) is 0.136. The summed E-state index contributed by atoms with van der Waals surface area (Å²) in [6, 6.07) is 3.99. The fourth-order valence-corrected chi connectivity index (χ4v) is 4.94. The molecule has 0 saturated carbocycles. The summed E-state index contributed by atoms with van der Waals surface area (Å²) in [5.74, 6) is -1.93. The number of anilines is 2. The second-order valence-corrected chi connectivity index (χ2v) is 9.25. The molecule has 0 atom stereocenters. The van der Waals surface area contributed by atoms with Crippen LogP contribution >= 0.6 is 22.9 Å². The molecule has 35 heavy (non-hydrogen) atoms. The summed E-state index contributed by atoms with van der Waals surface area (Å²) < 4.78 is 30.2. The molecule has 9 nitrogen and oxygen atoms in total. The molecular weight excluding hydrogens is 500 g/mol. The van der Waals surface area contributed by atoms with Gasteiger partial charge < -0.3 is 21.7 Å². The molecule has 4 aromatic rings. The first-order chi connectivity index (χ1) is 16.7. The number of halogens is 3. The maximum Gasteiger partial charge on any atom is 0.246 e. The summed E-state index contributed by atoms with van der Waals surface area (Å²) in [5.41, 5.74) is 11.3. The molecule has 1 aliphatic heterocycles. The summed E-state index contributed by atoms with van der Waals surface area (Å²) in [6.45, 7) is 0.696. The first kappa shape index (κ1) is 22.9. The molecular formula is C22H16ClF2N7O2S. The lowest BCUT2D eigenvalue weighted by Gasteiger charge is -2.39. The first-order valence-corrected chi connectivity index (χ1v) is 11.4. The number of nitrogens with two attached hydrogens (primary N) is 2. The van der Waals surface area contributed by atoms with Gasteiger partial charge in [-0.1, -0.05) is 22.9 Å². The number of likely N-dealkylation sites (tertiary alicyclic amines) is 1. The molecule has 0 bridgehead atoms. The summed E-state index contributed by atoms with van der Waals surface area (Å²) in [7, 11) is 0. The standard InChI is InChI=1S/C22H16ClF2N7O2S/c23-12-5-11-18(17(25)16(12)10-1-2-13(24)20-19(10)31-22(27)35-20)28-8-29-21(11)30-9-6-32(7-9)15(34)4-3-14(26)33/h1-5,8-9H,6-7H2,(H2,26,33)(H2,27,31)(H,28,29,30)/b4-3+. The Kier molecular flexibility index (Phi) is 5.69. The Bertz CT molecular complexity index is 1550. The predicted molar refractivity (Wildman–Crippen MR) is 130 cm³/mol. The maximum atomic E-state index is 15.7. The molecule has 0 unspecified atom stereocenters. The molecule has 2 aromatic carbocycles. The minimum atomic E-state index is -0.709. The molecule has 0 aliphatic carbocycles. The number of primary amides is 1. The van der Waals surface area contributed by atoms with Crippen LogP contribution in [0.4, 0.5) is 19.7 Å². The van der Waals surface area contributed by atoms with Crippen molar-refractivity contribution in [2.75, 3.05) is 24.1 Å². The molecule has 5 N–H and O–H groups in total. The number of hydrogen-bond acceptors (Lipinski definition) is 8. The lowest BCUT2D eigenvalue weighted by Crippen LogP contribution is -2.56. The van der Waals surface area contributed by atoms with Crippen molar-refractivity contribution >= 4 is 66.8 Å². The van der Waals surface area contributed by atoms with Gasteiger partial charge in [0.25, 0.3) is 0 Å². The first-order valence-electron chi connectivity index (χ1n) is 10.2. The predicted octanol–water partition coefficient (Wildman–Crippen LogP) is 3.08. The number of nitrogens with zero attached hydrogens (tertiary/aromatic N) is 4. The molecule has 5 rings (SSSR count). The van der Waals surface area contributed by atoms with Crippen molar-refractivity contribution in [2.24, 2.45) is 5.73 Å². The van der Waals surface area contributed by atoms with E-state index in [4.69, 9.17) is 23.1 Å². The Morgan fingerprint density at radius 2 is 1.97 bits per heavy atom. The normalized spacial score (nSPS) is 14.1. The third-order valence-corrected chi connectivity index (χ3v) is 6.72. The van der Waals surface area contributed by atoms with Crippen molar-refractivity contribution in [1.29, 1.82) is 0 Å². The molecule has 3 heterocycles. The van der Waals surface area contributed by atoms with Gasteiger partial charge in [-0.25, -0.2) is 23.7 Å². The summed E-state index contributed by atoms with van der Waals surface area (Å²) in [5, 5.41) is 3.72. The van der Waals surface area contributed by atoms with Gasteiger partial charge in [0.1, 0.15) is 23.5 Å². The van der Waals surface area contributed by atoms with Gasteiger partial charge >= 0.3 is 0 Å². The second kappa shape index (κ2) is 8.71. The van der Waals surface area contributed by atoms with Crippen molar-refractivity contribution in [3.05, 3.63) is 53.3 Å². The highest BCUT2D eigenvalue weighted by molar-refractivity contribution is 7.22. The van der Waals surface area contributed by atoms with Gasteiger partial charge in [0.2, 0.25) is 11.8 Å². The van der Waals surface area contributed by atoms with Gasteiger partial charge in [0.05, 0.1) is 21.3 Å². The number of rotatable bonds is 5. The smallest absolute Gasteiger partial charge is 0.246 e. The molecule has 0 radical (unpaired) electrons. The van der Waals surface area contributed by atoms with Gasteiger partial charge in [0, 0.05) is 41.8 Å². The number of hydrogen-bond donors (Lipinski definition) is 3. The van der Waals surface area contributed by atoms with Crippen molar-refractivity contribution in [1.82, 2.24) is 19.9 Å². The van der Waals surface area contributed by atoms with Crippen LogP contribution in [-0.4, -0.2) is 50.8 Å². The van der Waals surface area contributed by atoms with E-state index in [1.807, 2.05) is 0 Å². The average Bonchev–Trinajstić information content (AvgIpc) is 3.18. The van der Waals surface area contributed by atoms with E-state index in [1.165, 1.54) is 29.4 Å². The molecule has 0 spiro atoms. The third kappa shape index (κ3) is 4.10. The van der Waals surface area contributed by atoms with E-state index in [0.29, 0.717) is 29.9 Å². The van der Waals surface area contributed by atoms with Crippen LogP contribution in [0.2, 0.25) is 5.02 Å². The number of benzene rings is 2. The number of nitrogen functional groups attached to an aromatic ring is 1. The van der Waals surface area contributed by atoms with Crippen LogP contribution < -0.4 is 16.8 Å². The summed E-state index contributed by atoms with van der Waals surface area (Å²) >= 11 is 7.46. The Morgan fingerprint density at radius 1 is 1.20 bits per heavy atom. The van der Waals surface area contributed by atoms with Gasteiger partial charge in [-0.05, 0) is 18.2 Å². The van der Waals surface area contributed by atoms with Gasteiger partial charge in [-0.3, -0.25) is 9.59 Å². The number of nitrogens with one attached hydrogen (secondary N) is 1. The zero-order valence-electron chi connectivity index (χ0n) is 17.8. The van der Waals surface area contributed by atoms with Crippen molar-refractivity contribution in [3.8, 4) is 11.1 Å². The SMILES string of the molecule is NC(=O)/C=C/C(=O)N1CC(Nc2ncnc3c(F)c(-c4ccc(F)c5sc(N)nc45)c(Cl)cc23)C1. The minimum Gasteiger partial charge on any atom is -0.375 e. The molecule has 2 aromatic heterocycles. The van der Waals surface area contributed by atoms with Gasteiger partial charge in [0.15, 0.2) is 10.9 Å². The zero-order chi connectivity index (χ0) is 24.9. The number of aromatic nitrogens is 3. The van der Waals surface area contributed by atoms with Crippen LogP contribution in [0, 0.1) is 11.6 Å². The lowest BCUT2D eigenvalue weighted by atomic mass is 10.0. The van der Waals surface area contributed by atoms with E-state index < -0.39 is 17.5 Å². The van der Waals surface area contributed by atoms with Crippen LogP contribution in [0.1, 0.15) is 0 Å². The Labute approximate surface area is 205 Å². The molecule has 178 valence electrons. The van der Waals surface area contributed by atoms with E-state index in [0.717, 1.165) is 23.5 Å². The van der Waals surface area contributed by atoms with E-state index >= 15 is 4.39 Å². The van der Waals surface area contributed by atoms with Crippen molar-refractivity contribution in [3.63, 3.8) is 0 Å². The Morgan fingerprint density at radius 3 is 2.71 bits per heavy atom. The highest BCUT2D eigenvalue weighted by Crippen LogP contribution is 2.41. The molecule has 1 fully saturated rings. The van der Waals surface area contributed by atoms with E-state index in [2.05, 4.69) is 20.3 Å². The molecule has 1 aliphatic rings. The highest BCUT2D eigenvalue weighted by Gasteiger charge is 2.30. The lowest BCUT2D eigenvalue weighted by molar-refractivity contribution is -0.130. The van der Waals surface area contributed by atoms with Crippen LogP contribution in [0.3, 0.4) is 0 Å². The quantitative estimate of drug-likeness (QED) is 0.347. The van der Waals surface area contributed by atoms with E-state index in [-0.39, 0.29) is 43.4 Å². The number of amides is 2. The Hall–Kier alpha value is -3.90. The zero-order valence-corrected chi connectivity index (χ0v) is 19.3.